The number of carbonyl (C=O) groups excluding carboxylic acids is 1. The van der Waals surface area contributed by atoms with E-state index in [0.29, 0.717) is 18.1 Å². The molecule has 0 spiro atoms. The van der Waals surface area contributed by atoms with E-state index in [-0.39, 0.29) is 17.8 Å². The summed E-state index contributed by atoms with van der Waals surface area (Å²) < 4.78 is 4.87. The van der Waals surface area contributed by atoms with Crippen molar-refractivity contribution in [2.45, 2.75) is 13.3 Å². The molecule has 1 aliphatic heterocycles. The number of hydrogen-bond acceptors (Lipinski definition) is 5. The molecule has 1 amide bonds. The fourth-order valence-electron chi connectivity index (χ4n) is 1.51. The van der Waals surface area contributed by atoms with Crippen LogP contribution in [0.5, 0.6) is 6.01 Å². The average Bonchev–Trinajstić information content (AvgIpc) is 2.21. The van der Waals surface area contributed by atoms with E-state index >= 15 is 0 Å². The van der Waals surface area contributed by atoms with E-state index in [1.165, 1.54) is 7.11 Å². The highest BCUT2D eigenvalue weighted by Crippen LogP contribution is 2.28. The number of methoxy groups -OCH3 is 1. The molecule has 1 aromatic heterocycles. The van der Waals surface area contributed by atoms with Gasteiger partial charge in [-0.25, -0.2) is 0 Å². The summed E-state index contributed by atoms with van der Waals surface area (Å²) in [6.07, 6.45) is 0.566. The van der Waals surface area contributed by atoms with Gasteiger partial charge in [0.2, 0.25) is 5.91 Å². The van der Waals surface area contributed by atoms with Gasteiger partial charge in [-0.2, -0.15) is 9.97 Å². The van der Waals surface area contributed by atoms with Crippen LogP contribution in [0.4, 0.5) is 11.6 Å². The van der Waals surface area contributed by atoms with Crippen molar-refractivity contribution < 1.29 is 9.53 Å². The van der Waals surface area contributed by atoms with E-state index in [0.717, 1.165) is 5.56 Å². The molecular weight excluding hydrogens is 196 g/mol. The molecule has 1 atom stereocenters. The number of nitrogen functional groups attached to an aromatic ring is 1. The molecule has 80 valence electrons. The van der Waals surface area contributed by atoms with E-state index in [9.17, 15) is 4.79 Å². The first-order valence-electron chi connectivity index (χ1n) is 4.63. The average molecular weight is 208 g/mol. The summed E-state index contributed by atoms with van der Waals surface area (Å²) in [5, 5.41) is 2.68. The van der Waals surface area contributed by atoms with Crippen molar-refractivity contribution in [1.82, 2.24) is 9.97 Å². The van der Waals surface area contributed by atoms with Gasteiger partial charge in [0.05, 0.1) is 7.11 Å². The molecule has 6 heteroatoms. The second kappa shape index (κ2) is 3.38. The molecular formula is C9H12N4O2. The number of nitrogens with one attached hydrogen (secondary N) is 1. The molecule has 0 saturated heterocycles. The molecule has 0 bridgehead atoms. The number of carbonyl (C=O) groups is 1. The van der Waals surface area contributed by atoms with Gasteiger partial charge in [0.1, 0.15) is 11.6 Å². The molecule has 3 N–H and O–H groups in total. The Bertz CT molecular complexity index is 419. The Hall–Kier alpha value is -1.85. The van der Waals surface area contributed by atoms with Gasteiger partial charge in [-0.1, -0.05) is 6.92 Å². The lowest BCUT2D eigenvalue weighted by Crippen LogP contribution is -2.29. The Labute approximate surface area is 86.9 Å². The van der Waals surface area contributed by atoms with Gasteiger partial charge in [0, 0.05) is 11.5 Å². The molecule has 0 aliphatic carbocycles. The zero-order valence-electron chi connectivity index (χ0n) is 8.57. The van der Waals surface area contributed by atoms with E-state index in [4.69, 9.17) is 10.5 Å². The first-order valence-corrected chi connectivity index (χ1v) is 4.63. The van der Waals surface area contributed by atoms with Crippen molar-refractivity contribution in [3.8, 4) is 6.01 Å². The van der Waals surface area contributed by atoms with Crippen LogP contribution in [0.25, 0.3) is 0 Å². The maximum atomic E-state index is 11.4. The fourth-order valence-corrected chi connectivity index (χ4v) is 1.51. The normalized spacial score (nSPS) is 19.3. The van der Waals surface area contributed by atoms with Crippen LogP contribution in [0.2, 0.25) is 0 Å². The smallest absolute Gasteiger partial charge is 0.320 e. The van der Waals surface area contributed by atoms with Crippen LogP contribution in [0.3, 0.4) is 0 Å². The standard InChI is InChI=1S/C9H12N4O2/c1-4-3-5-6(10)11-9(15-2)13-7(5)12-8(4)14/h4H,3H2,1-2H3,(H3,10,11,12,13,14). The summed E-state index contributed by atoms with van der Waals surface area (Å²) in [6, 6.07) is 0.168. The summed E-state index contributed by atoms with van der Waals surface area (Å²) in [6.45, 7) is 1.84. The molecule has 0 fully saturated rings. The summed E-state index contributed by atoms with van der Waals surface area (Å²) >= 11 is 0. The van der Waals surface area contributed by atoms with Gasteiger partial charge in [0.15, 0.2) is 0 Å². The monoisotopic (exact) mass is 208 g/mol. The third-order valence-electron chi connectivity index (χ3n) is 2.40. The van der Waals surface area contributed by atoms with Gasteiger partial charge in [0.25, 0.3) is 0 Å². The van der Waals surface area contributed by atoms with Gasteiger partial charge < -0.3 is 15.8 Å². The molecule has 1 aliphatic rings. The van der Waals surface area contributed by atoms with Crippen molar-refractivity contribution in [3.05, 3.63) is 5.56 Å². The maximum absolute atomic E-state index is 11.4. The predicted octanol–water partition coefficient (Wildman–Crippen LogP) is 0.198. The number of rotatable bonds is 1. The number of amides is 1. The zero-order chi connectivity index (χ0) is 11.0. The molecule has 1 unspecified atom stereocenters. The van der Waals surface area contributed by atoms with Crippen LogP contribution in [-0.2, 0) is 11.2 Å². The number of anilines is 2. The van der Waals surface area contributed by atoms with Crippen molar-refractivity contribution in [1.29, 1.82) is 0 Å². The summed E-state index contributed by atoms with van der Waals surface area (Å²) in [5.41, 5.74) is 6.52. The minimum atomic E-state index is -0.100. The molecule has 1 aromatic rings. The lowest BCUT2D eigenvalue weighted by molar-refractivity contribution is -0.119. The summed E-state index contributed by atoms with van der Waals surface area (Å²) in [4.78, 5) is 19.4. The summed E-state index contributed by atoms with van der Waals surface area (Å²) in [7, 11) is 1.45. The minimum absolute atomic E-state index is 0.0531. The number of aromatic nitrogens is 2. The SMILES string of the molecule is COc1nc(N)c2c(n1)NC(=O)C(C)C2. The highest BCUT2D eigenvalue weighted by Gasteiger charge is 2.26. The Morgan fingerprint density at radius 1 is 1.53 bits per heavy atom. The lowest BCUT2D eigenvalue weighted by Gasteiger charge is -2.21. The second-order valence-corrected chi connectivity index (χ2v) is 3.52. The van der Waals surface area contributed by atoms with E-state index in [1.54, 1.807) is 0 Å². The first kappa shape index (κ1) is 9.70. The van der Waals surface area contributed by atoms with E-state index in [2.05, 4.69) is 15.3 Å². The largest absolute Gasteiger partial charge is 0.467 e. The van der Waals surface area contributed by atoms with Gasteiger partial charge in [-0.3, -0.25) is 4.79 Å². The summed E-state index contributed by atoms with van der Waals surface area (Å²) in [5.74, 6) is 0.672. The molecule has 0 radical (unpaired) electrons. The molecule has 2 heterocycles. The quantitative estimate of drug-likeness (QED) is 0.688. The van der Waals surface area contributed by atoms with Crippen LogP contribution in [0.15, 0.2) is 0 Å². The Morgan fingerprint density at radius 2 is 2.27 bits per heavy atom. The van der Waals surface area contributed by atoms with Crippen LogP contribution in [0, 0.1) is 5.92 Å². The maximum Gasteiger partial charge on any atom is 0.320 e. The topological polar surface area (TPSA) is 90.1 Å². The van der Waals surface area contributed by atoms with Gasteiger partial charge >= 0.3 is 6.01 Å². The van der Waals surface area contributed by atoms with Crippen molar-refractivity contribution in [2.24, 2.45) is 5.92 Å². The number of fused-ring (bicyclic) bond motifs is 1. The predicted molar refractivity (Wildman–Crippen MR) is 54.5 cm³/mol. The second-order valence-electron chi connectivity index (χ2n) is 3.52. The highest BCUT2D eigenvalue weighted by molar-refractivity contribution is 5.95. The molecule has 6 nitrogen and oxygen atoms in total. The molecule has 15 heavy (non-hydrogen) atoms. The fraction of sp³-hybridized carbons (Fsp3) is 0.444. The third kappa shape index (κ3) is 1.58. The number of hydrogen-bond donors (Lipinski definition) is 2. The number of nitrogens with zero attached hydrogens (tertiary/aromatic N) is 2. The molecule has 0 aromatic carbocycles. The van der Waals surface area contributed by atoms with E-state index in [1.807, 2.05) is 6.92 Å². The van der Waals surface area contributed by atoms with Crippen LogP contribution < -0.4 is 15.8 Å². The van der Waals surface area contributed by atoms with Crippen molar-refractivity contribution >= 4 is 17.5 Å². The molecule has 0 saturated carbocycles. The Morgan fingerprint density at radius 3 is 2.93 bits per heavy atom. The Balaban J connectivity index is 2.48. The highest BCUT2D eigenvalue weighted by atomic mass is 16.5. The van der Waals surface area contributed by atoms with Crippen LogP contribution >= 0.6 is 0 Å². The number of ether oxygens (including phenoxy) is 1. The number of nitrogens with two attached hydrogens (primary N) is 1. The van der Waals surface area contributed by atoms with Crippen LogP contribution in [-0.4, -0.2) is 23.0 Å². The third-order valence-corrected chi connectivity index (χ3v) is 2.40. The first-order chi connectivity index (χ1) is 7.11. The van der Waals surface area contributed by atoms with Gasteiger partial charge in [-0.05, 0) is 6.42 Å². The van der Waals surface area contributed by atoms with Crippen LogP contribution in [0.1, 0.15) is 12.5 Å². The van der Waals surface area contributed by atoms with Gasteiger partial charge in [-0.15, -0.1) is 0 Å². The van der Waals surface area contributed by atoms with Crippen molar-refractivity contribution in [2.75, 3.05) is 18.2 Å². The molecule has 2 rings (SSSR count). The van der Waals surface area contributed by atoms with Crippen molar-refractivity contribution in [3.63, 3.8) is 0 Å². The Kier molecular flexibility index (Phi) is 2.18. The lowest BCUT2D eigenvalue weighted by atomic mass is 9.97. The van der Waals surface area contributed by atoms with E-state index < -0.39 is 0 Å². The minimum Gasteiger partial charge on any atom is -0.467 e. The zero-order valence-corrected chi connectivity index (χ0v) is 8.57.